The summed E-state index contributed by atoms with van der Waals surface area (Å²) in [7, 11) is 1.66. The highest BCUT2D eigenvalue weighted by molar-refractivity contribution is 5.24. The minimum Gasteiger partial charge on any atom is -0.382 e. The van der Waals surface area contributed by atoms with E-state index >= 15 is 0 Å². The van der Waals surface area contributed by atoms with Gasteiger partial charge in [-0.05, 0) is 18.9 Å². The number of rotatable bonds is 10. The molecule has 114 valence electrons. The van der Waals surface area contributed by atoms with Crippen LogP contribution in [0.2, 0.25) is 0 Å². The van der Waals surface area contributed by atoms with Crippen LogP contribution in [0.5, 0.6) is 0 Å². The summed E-state index contributed by atoms with van der Waals surface area (Å²) in [5.41, 5.74) is 8.53. The van der Waals surface area contributed by atoms with Gasteiger partial charge in [0, 0.05) is 13.2 Å². The van der Waals surface area contributed by atoms with Crippen LogP contribution in [0.4, 0.5) is 0 Å². The first-order valence-corrected chi connectivity index (χ1v) is 7.19. The maximum atomic E-state index is 6.16. The number of hydrogen-bond donors (Lipinski definition) is 1. The van der Waals surface area contributed by atoms with Crippen LogP contribution in [0.25, 0.3) is 0 Å². The van der Waals surface area contributed by atoms with Crippen molar-refractivity contribution in [2.24, 2.45) is 5.73 Å². The van der Waals surface area contributed by atoms with Gasteiger partial charge in [-0.25, -0.2) is 0 Å². The standard InChI is InChI=1S/C16H27NO3/c1-4-15(17)16(14-7-5-13(2)6-8-14)20-12-11-19-10-9-18-3/h5-8,15-16H,4,9-12,17H2,1-3H3. The molecule has 0 spiro atoms. The maximum absolute atomic E-state index is 6.16. The number of ether oxygens (including phenoxy) is 3. The lowest BCUT2D eigenvalue weighted by molar-refractivity contribution is -0.0166. The molecular weight excluding hydrogens is 254 g/mol. The van der Waals surface area contributed by atoms with Gasteiger partial charge in [0.2, 0.25) is 0 Å². The summed E-state index contributed by atoms with van der Waals surface area (Å²) in [6.45, 7) is 6.44. The summed E-state index contributed by atoms with van der Waals surface area (Å²) >= 11 is 0. The van der Waals surface area contributed by atoms with Gasteiger partial charge < -0.3 is 19.9 Å². The molecule has 0 aliphatic carbocycles. The third-order valence-electron chi connectivity index (χ3n) is 3.22. The Kier molecular flexibility index (Phi) is 8.46. The molecule has 0 aliphatic rings. The largest absolute Gasteiger partial charge is 0.382 e. The number of benzene rings is 1. The highest BCUT2D eigenvalue weighted by Crippen LogP contribution is 2.22. The summed E-state index contributed by atoms with van der Waals surface area (Å²) in [6.07, 6.45) is 0.801. The monoisotopic (exact) mass is 281 g/mol. The molecule has 0 fully saturated rings. The van der Waals surface area contributed by atoms with Crippen LogP contribution in [0.3, 0.4) is 0 Å². The van der Waals surface area contributed by atoms with E-state index in [2.05, 4.69) is 38.1 Å². The minimum absolute atomic E-state index is 0.00307. The van der Waals surface area contributed by atoms with Gasteiger partial charge in [0.15, 0.2) is 0 Å². The van der Waals surface area contributed by atoms with Gasteiger partial charge >= 0.3 is 0 Å². The molecule has 0 aliphatic heterocycles. The molecule has 2 unspecified atom stereocenters. The van der Waals surface area contributed by atoms with E-state index in [1.807, 2.05) is 0 Å². The number of hydrogen-bond acceptors (Lipinski definition) is 4. The molecule has 0 heterocycles. The summed E-state index contributed by atoms with van der Waals surface area (Å²) < 4.78 is 16.2. The Morgan fingerprint density at radius 3 is 2.30 bits per heavy atom. The molecule has 4 heteroatoms. The summed E-state index contributed by atoms with van der Waals surface area (Å²) in [6, 6.07) is 8.34. The molecule has 4 nitrogen and oxygen atoms in total. The first kappa shape index (κ1) is 17.1. The Balaban J connectivity index is 2.46. The molecule has 0 radical (unpaired) electrons. The Bertz CT molecular complexity index is 353. The average molecular weight is 281 g/mol. The third-order valence-corrected chi connectivity index (χ3v) is 3.22. The fraction of sp³-hybridized carbons (Fsp3) is 0.625. The van der Waals surface area contributed by atoms with Gasteiger partial charge in [0.05, 0.1) is 32.5 Å². The lowest BCUT2D eigenvalue weighted by Gasteiger charge is -2.24. The van der Waals surface area contributed by atoms with Crippen molar-refractivity contribution in [3.8, 4) is 0 Å². The summed E-state index contributed by atoms with van der Waals surface area (Å²) in [4.78, 5) is 0. The Hall–Kier alpha value is -0.940. The molecule has 0 aromatic heterocycles. The fourth-order valence-corrected chi connectivity index (χ4v) is 1.92. The zero-order valence-electron chi connectivity index (χ0n) is 12.8. The van der Waals surface area contributed by atoms with Crippen molar-refractivity contribution in [2.45, 2.75) is 32.4 Å². The molecule has 20 heavy (non-hydrogen) atoms. The first-order chi connectivity index (χ1) is 9.69. The van der Waals surface area contributed by atoms with Crippen molar-refractivity contribution < 1.29 is 14.2 Å². The third kappa shape index (κ3) is 6.01. The van der Waals surface area contributed by atoms with Crippen molar-refractivity contribution in [1.29, 1.82) is 0 Å². The van der Waals surface area contributed by atoms with Gasteiger partial charge in [-0.15, -0.1) is 0 Å². The Labute approximate surface area is 122 Å². The molecule has 0 bridgehead atoms. The van der Waals surface area contributed by atoms with E-state index in [1.54, 1.807) is 7.11 Å². The van der Waals surface area contributed by atoms with Crippen LogP contribution in [0.15, 0.2) is 24.3 Å². The molecule has 1 rings (SSSR count). The van der Waals surface area contributed by atoms with Gasteiger partial charge in [-0.2, -0.15) is 0 Å². The molecule has 0 amide bonds. The maximum Gasteiger partial charge on any atom is 0.0976 e. The Morgan fingerprint density at radius 1 is 1.05 bits per heavy atom. The van der Waals surface area contributed by atoms with E-state index < -0.39 is 0 Å². The quantitative estimate of drug-likeness (QED) is 0.669. The second kappa shape index (κ2) is 9.88. The van der Waals surface area contributed by atoms with Crippen LogP contribution in [0.1, 0.15) is 30.6 Å². The number of methoxy groups -OCH3 is 1. The second-order valence-corrected chi connectivity index (χ2v) is 4.88. The zero-order chi connectivity index (χ0) is 14.8. The summed E-state index contributed by atoms with van der Waals surface area (Å²) in [5.74, 6) is 0. The SMILES string of the molecule is CCC(N)C(OCCOCCOC)c1ccc(C)cc1. The van der Waals surface area contributed by atoms with Crippen LogP contribution >= 0.6 is 0 Å². The van der Waals surface area contributed by atoms with Gasteiger partial charge in [-0.1, -0.05) is 36.8 Å². The lowest BCUT2D eigenvalue weighted by atomic mass is 10.00. The molecule has 0 saturated heterocycles. The zero-order valence-corrected chi connectivity index (χ0v) is 12.8. The Morgan fingerprint density at radius 2 is 1.70 bits per heavy atom. The van der Waals surface area contributed by atoms with Gasteiger partial charge in [-0.3, -0.25) is 0 Å². The molecule has 1 aromatic rings. The van der Waals surface area contributed by atoms with E-state index in [9.17, 15) is 0 Å². The second-order valence-electron chi connectivity index (χ2n) is 4.88. The van der Waals surface area contributed by atoms with E-state index in [-0.39, 0.29) is 12.1 Å². The smallest absolute Gasteiger partial charge is 0.0976 e. The van der Waals surface area contributed by atoms with Crippen molar-refractivity contribution in [3.05, 3.63) is 35.4 Å². The highest BCUT2D eigenvalue weighted by atomic mass is 16.5. The average Bonchev–Trinajstić information content (AvgIpc) is 2.47. The van der Waals surface area contributed by atoms with E-state index in [0.717, 1.165) is 12.0 Å². The number of aryl methyl sites for hydroxylation is 1. The van der Waals surface area contributed by atoms with E-state index in [4.69, 9.17) is 19.9 Å². The molecule has 2 N–H and O–H groups in total. The minimum atomic E-state index is -0.0772. The molecule has 0 saturated carbocycles. The fourth-order valence-electron chi connectivity index (χ4n) is 1.92. The highest BCUT2D eigenvalue weighted by Gasteiger charge is 2.18. The van der Waals surface area contributed by atoms with Crippen molar-refractivity contribution in [3.63, 3.8) is 0 Å². The van der Waals surface area contributed by atoms with E-state index in [1.165, 1.54) is 5.56 Å². The topological polar surface area (TPSA) is 53.7 Å². The van der Waals surface area contributed by atoms with Crippen LogP contribution < -0.4 is 5.73 Å². The molecule has 1 aromatic carbocycles. The van der Waals surface area contributed by atoms with Gasteiger partial charge in [0.1, 0.15) is 0 Å². The first-order valence-electron chi connectivity index (χ1n) is 7.19. The van der Waals surface area contributed by atoms with Crippen molar-refractivity contribution in [2.75, 3.05) is 33.5 Å². The van der Waals surface area contributed by atoms with Gasteiger partial charge in [0.25, 0.3) is 0 Å². The predicted octanol–water partition coefficient (Wildman–Crippen LogP) is 2.45. The molecular formula is C16H27NO3. The van der Waals surface area contributed by atoms with Crippen LogP contribution in [-0.4, -0.2) is 39.6 Å². The number of nitrogens with two attached hydrogens (primary N) is 1. The van der Waals surface area contributed by atoms with Crippen LogP contribution in [-0.2, 0) is 14.2 Å². The van der Waals surface area contributed by atoms with E-state index in [0.29, 0.717) is 26.4 Å². The lowest BCUT2D eigenvalue weighted by Crippen LogP contribution is -2.30. The van der Waals surface area contributed by atoms with Crippen molar-refractivity contribution in [1.82, 2.24) is 0 Å². The normalized spacial score (nSPS) is 14.2. The summed E-state index contributed by atoms with van der Waals surface area (Å²) in [5, 5.41) is 0. The predicted molar refractivity (Wildman–Crippen MR) is 80.8 cm³/mol. The van der Waals surface area contributed by atoms with Crippen molar-refractivity contribution >= 4 is 0 Å². The van der Waals surface area contributed by atoms with Crippen LogP contribution in [0, 0.1) is 6.92 Å². The molecule has 2 atom stereocenters.